The molecule has 1 unspecified atom stereocenters. The molecule has 1 fully saturated rings. The number of hydrogen-bond acceptors (Lipinski definition) is 5. The summed E-state index contributed by atoms with van der Waals surface area (Å²) in [6, 6.07) is 11.9. The van der Waals surface area contributed by atoms with Crippen molar-refractivity contribution in [3.05, 3.63) is 64.2 Å². The van der Waals surface area contributed by atoms with E-state index in [0.717, 1.165) is 17.7 Å². The molecule has 1 atom stereocenters. The molecule has 6 nitrogen and oxygen atoms in total. The van der Waals surface area contributed by atoms with Crippen LogP contribution in [0.5, 0.6) is 5.75 Å². The first-order valence-corrected chi connectivity index (χ1v) is 10.6. The van der Waals surface area contributed by atoms with Gasteiger partial charge in [-0.3, -0.25) is 4.79 Å². The lowest BCUT2D eigenvalue weighted by Gasteiger charge is -2.22. The van der Waals surface area contributed by atoms with Crippen molar-refractivity contribution in [1.82, 2.24) is 15.0 Å². The van der Waals surface area contributed by atoms with Crippen molar-refractivity contribution in [2.75, 3.05) is 6.61 Å². The molecule has 1 aromatic heterocycles. The van der Waals surface area contributed by atoms with Crippen LogP contribution >= 0.6 is 15.9 Å². The van der Waals surface area contributed by atoms with Crippen LogP contribution in [0.2, 0.25) is 0 Å². The highest BCUT2D eigenvalue weighted by atomic mass is 79.9. The van der Waals surface area contributed by atoms with Crippen molar-refractivity contribution in [3.63, 3.8) is 0 Å². The van der Waals surface area contributed by atoms with E-state index in [1.807, 2.05) is 24.3 Å². The zero-order valence-corrected chi connectivity index (χ0v) is 18.1. The predicted molar refractivity (Wildman–Crippen MR) is 112 cm³/mol. The normalized spacial score (nSPS) is 16.3. The summed E-state index contributed by atoms with van der Waals surface area (Å²) in [7, 11) is 0. The van der Waals surface area contributed by atoms with E-state index in [2.05, 4.69) is 33.0 Å². The minimum Gasteiger partial charge on any atom is -0.494 e. The van der Waals surface area contributed by atoms with Crippen LogP contribution in [0.15, 0.2) is 51.5 Å². The summed E-state index contributed by atoms with van der Waals surface area (Å²) in [6.07, 6.45) is 1.86. The Morgan fingerprint density at radius 1 is 1.27 bits per heavy atom. The lowest BCUT2D eigenvalue weighted by Crippen LogP contribution is -2.27. The van der Waals surface area contributed by atoms with E-state index in [1.165, 1.54) is 6.07 Å². The molecule has 4 rings (SSSR count). The molecule has 1 aliphatic heterocycles. The van der Waals surface area contributed by atoms with Crippen LogP contribution in [0.1, 0.15) is 43.7 Å². The molecule has 1 saturated heterocycles. The molecule has 0 bridgehead atoms. The number of hydrogen-bond donors (Lipinski definition) is 0. The summed E-state index contributed by atoms with van der Waals surface area (Å²) in [5.41, 5.74) is 1.24. The van der Waals surface area contributed by atoms with Crippen LogP contribution in [-0.2, 0) is 11.3 Å². The number of rotatable bonds is 7. The number of likely N-dealkylation sites (tertiary alicyclic amines) is 1. The van der Waals surface area contributed by atoms with E-state index in [1.54, 1.807) is 17.0 Å². The molecule has 2 aromatic carbocycles. The van der Waals surface area contributed by atoms with E-state index in [4.69, 9.17) is 9.26 Å². The first kappa shape index (κ1) is 20.5. The number of aromatic nitrogens is 2. The average molecular weight is 474 g/mol. The molecular weight excluding hydrogens is 453 g/mol. The Bertz CT molecular complexity index is 1040. The highest BCUT2D eigenvalue weighted by Gasteiger charge is 2.36. The van der Waals surface area contributed by atoms with Gasteiger partial charge in [0.15, 0.2) is 0 Å². The van der Waals surface area contributed by atoms with E-state index in [-0.39, 0.29) is 24.3 Å². The zero-order chi connectivity index (χ0) is 21.1. The lowest BCUT2D eigenvalue weighted by atomic mass is 10.1. The third-order valence-corrected chi connectivity index (χ3v) is 5.49. The largest absolute Gasteiger partial charge is 0.494 e. The molecule has 0 radical (unpaired) electrons. The average Bonchev–Trinajstić information content (AvgIpc) is 3.36. The minimum atomic E-state index is -0.367. The highest BCUT2D eigenvalue weighted by molar-refractivity contribution is 9.10. The van der Waals surface area contributed by atoms with Crippen LogP contribution in [0, 0.1) is 5.82 Å². The Labute approximate surface area is 182 Å². The van der Waals surface area contributed by atoms with Crippen LogP contribution in [-0.4, -0.2) is 27.6 Å². The first-order valence-electron chi connectivity index (χ1n) is 9.85. The number of nitrogens with zero attached hydrogens (tertiary/aromatic N) is 3. The monoisotopic (exact) mass is 473 g/mol. The smallest absolute Gasteiger partial charge is 0.249 e. The number of ether oxygens (including phenoxy) is 1. The Balaban J connectivity index is 1.52. The third-order valence-electron chi connectivity index (χ3n) is 5.00. The molecule has 0 N–H and O–H groups in total. The van der Waals surface area contributed by atoms with Crippen LogP contribution in [0.25, 0.3) is 11.4 Å². The second-order valence-corrected chi connectivity index (χ2v) is 8.06. The van der Waals surface area contributed by atoms with Crippen molar-refractivity contribution in [3.8, 4) is 17.1 Å². The van der Waals surface area contributed by atoms with Gasteiger partial charge in [0.05, 0.1) is 6.61 Å². The molecule has 156 valence electrons. The van der Waals surface area contributed by atoms with Gasteiger partial charge in [-0.15, -0.1) is 0 Å². The van der Waals surface area contributed by atoms with Gasteiger partial charge in [-0.05, 0) is 49.2 Å². The van der Waals surface area contributed by atoms with Crippen molar-refractivity contribution >= 4 is 21.8 Å². The summed E-state index contributed by atoms with van der Waals surface area (Å²) in [6.45, 7) is 2.87. The van der Waals surface area contributed by atoms with E-state index in [9.17, 15) is 9.18 Å². The minimum absolute atomic E-state index is 0.0560. The van der Waals surface area contributed by atoms with Gasteiger partial charge in [0.2, 0.25) is 17.6 Å². The molecule has 3 aromatic rings. The summed E-state index contributed by atoms with van der Waals surface area (Å²) in [4.78, 5) is 18.5. The van der Waals surface area contributed by atoms with Gasteiger partial charge in [-0.25, -0.2) is 4.39 Å². The number of carbonyl (C=O) groups excluding carboxylic acids is 1. The maximum absolute atomic E-state index is 14.3. The van der Waals surface area contributed by atoms with Gasteiger partial charge in [0.25, 0.3) is 0 Å². The molecular formula is C22H21BrFN3O3. The molecule has 2 heterocycles. The molecule has 0 aliphatic carbocycles. The molecule has 1 amide bonds. The molecule has 0 spiro atoms. The second kappa shape index (κ2) is 8.95. The maximum Gasteiger partial charge on any atom is 0.249 e. The first-order chi connectivity index (χ1) is 14.5. The number of halogens is 2. The van der Waals surface area contributed by atoms with Gasteiger partial charge in [-0.2, -0.15) is 4.98 Å². The van der Waals surface area contributed by atoms with Crippen molar-refractivity contribution in [2.24, 2.45) is 0 Å². The molecule has 0 saturated carbocycles. The van der Waals surface area contributed by atoms with Gasteiger partial charge in [-0.1, -0.05) is 34.1 Å². The number of benzene rings is 2. The molecule has 8 heteroatoms. The van der Waals surface area contributed by atoms with E-state index >= 15 is 0 Å². The summed E-state index contributed by atoms with van der Waals surface area (Å²) in [5, 5.41) is 4.07. The number of amides is 1. The summed E-state index contributed by atoms with van der Waals surface area (Å²) in [5.74, 6) is 1.17. The fourth-order valence-electron chi connectivity index (χ4n) is 3.43. The molecule has 30 heavy (non-hydrogen) atoms. The van der Waals surface area contributed by atoms with Crippen molar-refractivity contribution < 1.29 is 18.4 Å². The fraction of sp³-hybridized carbons (Fsp3) is 0.318. The second-order valence-electron chi connectivity index (χ2n) is 7.14. The molecule has 1 aliphatic rings. The SMILES string of the molecule is CCCOc1ccc(-c2noc(C3CCC(=O)N3Cc3ccc(Br)cc3F)n2)cc1. The van der Waals surface area contributed by atoms with Gasteiger partial charge in [0.1, 0.15) is 17.6 Å². The standard InChI is InChI=1S/C22H21BrFN3O3/c1-2-11-29-17-7-4-14(5-8-17)21-25-22(30-26-21)19-9-10-20(28)27(19)13-15-3-6-16(23)12-18(15)24/h3-8,12,19H,2,9-11,13H2,1H3. The summed E-state index contributed by atoms with van der Waals surface area (Å²) >= 11 is 3.25. The van der Waals surface area contributed by atoms with Crippen LogP contribution < -0.4 is 4.74 Å². The maximum atomic E-state index is 14.3. The number of carbonyl (C=O) groups is 1. The summed E-state index contributed by atoms with van der Waals surface area (Å²) < 4.78 is 26.0. The lowest BCUT2D eigenvalue weighted by molar-refractivity contribution is -0.130. The van der Waals surface area contributed by atoms with Crippen molar-refractivity contribution in [1.29, 1.82) is 0 Å². The van der Waals surface area contributed by atoms with Gasteiger partial charge in [0, 0.05) is 28.6 Å². The Hall–Kier alpha value is -2.74. The van der Waals surface area contributed by atoms with E-state index in [0.29, 0.717) is 41.2 Å². The van der Waals surface area contributed by atoms with E-state index < -0.39 is 0 Å². The zero-order valence-electron chi connectivity index (χ0n) is 16.5. The van der Waals surface area contributed by atoms with Crippen LogP contribution in [0.3, 0.4) is 0 Å². The third kappa shape index (κ3) is 4.38. The topological polar surface area (TPSA) is 68.5 Å². The Morgan fingerprint density at radius 3 is 2.80 bits per heavy atom. The van der Waals surface area contributed by atoms with Gasteiger partial charge < -0.3 is 14.2 Å². The quantitative estimate of drug-likeness (QED) is 0.466. The van der Waals surface area contributed by atoms with Gasteiger partial charge >= 0.3 is 0 Å². The Morgan fingerprint density at radius 2 is 2.07 bits per heavy atom. The highest BCUT2D eigenvalue weighted by Crippen LogP contribution is 2.34. The van der Waals surface area contributed by atoms with Crippen LogP contribution in [0.4, 0.5) is 4.39 Å². The fourth-order valence-corrected chi connectivity index (χ4v) is 3.76. The predicted octanol–water partition coefficient (Wildman–Crippen LogP) is 5.29. The van der Waals surface area contributed by atoms with Crippen molar-refractivity contribution in [2.45, 2.75) is 38.8 Å². The Kier molecular flexibility index (Phi) is 6.13.